The highest BCUT2D eigenvalue weighted by Crippen LogP contribution is 2.41. The van der Waals surface area contributed by atoms with Gasteiger partial charge in [0.05, 0.1) is 17.7 Å². The fraction of sp³-hybridized carbons (Fsp3) is 0.176. The van der Waals surface area contributed by atoms with E-state index >= 15 is 0 Å². The number of hydrogen-bond donors (Lipinski definition) is 0. The number of allylic oxidation sites excluding steroid dienone is 4. The van der Waals surface area contributed by atoms with Crippen molar-refractivity contribution < 1.29 is 13.2 Å². The van der Waals surface area contributed by atoms with Crippen molar-refractivity contribution in [2.24, 2.45) is 5.92 Å². The van der Waals surface area contributed by atoms with Crippen molar-refractivity contribution in [2.75, 3.05) is 0 Å². The Morgan fingerprint density at radius 3 is 2.17 bits per heavy atom. The molecule has 0 saturated heterocycles. The van der Waals surface area contributed by atoms with Crippen molar-refractivity contribution in [3.8, 4) is 24.3 Å². The Labute approximate surface area is 135 Å². The molecule has 1 aliphatic rings. The summed E-state index contributed by atoms with van der Waals surface area (Å²) in [6, 6.07) is 9.76. The molecule has 0 aromatic heterocycles. The first kappa shape index (κ1) is 16.8. The van der Waals surface area contributed by atoms with Crippen LogP contribution in [-0.4, -0.2) is 0 Å². The number of hydrogen-bond acceptors (Lipinski definition) is 4. The molecule has 0 saturated carbocycles. The van der Waals surface area contributed by atoms with Crippen LogP contribution >= 0.6 is 0 Å². The Balaban J connectivity index is 2.78. The molecular weight excluding hydrogens is 317 g/mol. The molecule has 1 unspecified atom stereocenters. The number of alkyl halides is 3. The molecule has 0 radical (unpaired) electrons. The molecule has 4 nitrogen and oxygen atoms in total. The van der Waals surface area contributed by atoms with Crippen LogP contribution in [0.25, 0.3) is 5.57 Å². The zero-order chi connectivity index (χ0) is 17.9. The lowest BCUT2D eigenvalue weighted by atomic mass is 9.77. The third kappa shape index (κ3) is 2.84. The van der Waals surface area contributed by atoms with Gasteiger partial charge >= 0.3 is 6.18 Å². The van der Waals surface area contributed by atoms with Gasteiger partial charge in [-0.3, -0.25) is 0 Å². The van der Waals surface area contributed by atoms with E-state index in [-0.39, 0.29) is 16.7 Å². The lowest BCUT2D eigenvalue weighted by molar-refractivity contribution is -0.137. The van der Waals surface area contributed by atoms with Gasteiger partial charge in [0.1, 0.15) is 23.6 Å². The first-order valence-corrected chi connectivity index (χ1v) is 6.60. The standard InChI is InChI=1S/C17H7F3N4/c18-17(19,20)12-1-2-15-13(10(6-21)7-22)3-4-14(16(15)5-12)11(8-23)9-24/h1-5,10,13H. The van der Waals surface area contributed by atoms with Gasteiger partial charge in [0.2, 0.25) is 0 Å². The van der Waals surface area contributed by atoms with Crippen molar-refractivity contribution >= 4 is 5.57 Å². The maximum Gasteiger partial charge on any atom is 0.416 e. The highest BCUT2D eigenvalue weighted by atomic mass is 19.4. The lowest BCUT2D eigenvalue weighted by Crippen LogP contribution is -2.15. The second kappa shape index (κ2) is 6.29. The van der Waals surface area contributed by atoms with Gasteiger partial charge < -0.3 is 0 Å². The fourth-order valence-corrected chi connectivity index (χ4v) is 2.49. The second-order valence-electron chi connectivity index (χ2n) is 4.93. The normalized spacial score (nSPS) is 15.7. The number of nitriles is 4. The van der Waals surface area contributed by atoms with Crippen LogP contribution in [0, 0.1) is 51.2 Å². The molecule has 1 aliphatic carbocycles. The molecule has 2 rings (SSSR count). The van der Waals surface area contributed by atoms with Crippen molar-refractivity contribution in [1.29, 1.82) is 21.0 Å². The average Bonchev–Trinajstić information content (AvgIpc) is 2.57. The maximum absolute atomic E-state index is 13.0. The predicted octanol–water partition coefficient (Wildman–Crippen LogP) is 3.82. The third-order valence-corrected chi connectivity index (χ3v) is 3.63. The number of rotatable bonds is 1. The molecule has 116 valence electrons. The SMILES string of the molecule is N#CC(C#N)=C1C=CC(C(C#N)C#N)c2ccc(C(F)(F)F)cc21. The quantitative estimate of drug-likeness (QED) is 0.734. The van der Waals surface area contributed by atoms with Crippen molar-refractivity contribution in [3.05, 3.63) is 52.6 Å². The summed E-state index contributed by atoms with van der Waals surface area (Å²) >= 11 is 0. The molecule has 1 aromatic rings. The monoisotopic (exact) mass is 324 g/mol. The number of nitrogens with zero attached hydrogens (tertiary/aromatic N) is 4. The lowest BCUT2D eigenvalue weighted by Gasteiger charge is -2.24. The smallest absolute Gasteiger partial charge is 0.197 e. The van der Waals surface area contributed by atoms with Crippen LogP contribution in [0.4, 0.5) is 13.2 Å². The molecular formula is C17H7F3N4. The van der Waals surface area contributed by atoms with Gasteiger partial charge in [-0.2, -0.15) is 34.2 Å². The Morgan fingerprint density at radius 2 is 1.67 bits per heavy atom. The van der Waals surface area contributed by atoms with Gasteiger partial charge in [0.25, 0.3) is 0 Å². The Hall–Kier alpha value is -3.55. The Bertz CT molecular complexity index is 882. The van der Waals surface area contributed by atoms with E-state index in [1.54, 1.807) is 24.3 Å². The van der Waals surface area contributed by atoms with E-state index in [4.69, 9.17) is 21.0 Å². The van der Waals surface area contributed by atoms with Crippen LogP contribution in [0.2, 0.25) is 0 Å². The van der Waals surface area contributed by atoms with Crippen LogP contribution < -0.4 is 0 Å². The zero-order valence-electron chi connectivity index (χ0n) is 12.0. The second-order valence-corrected chi connectivity index (χ2v) is 4.93. The summed E-state index contributed by atoms with van der Waals surface area (Å²) < 4.78 is 38.9. The van der Waals surface area contributed by atoms with Gasteiger partial charge in [0, 0.05) is 11.5 Å². The number of fused-ring (bicyclic) bond motifs is 1. The molecule has 0 bridgehead atoms. The summed E-state index contributed by atoms with van der Waals surface area (Å²) in [5, 5.41) is 36.1. The van der Waals surface area contributed by atoms with Gasteiger partial charge in [0.15, 0.2) is 0 Å². The van der Waals surface area contributed by atoms with Crippen molar-refractivity contribution in [3.63, 3.8) is 0 Å². The number of benzene rings is 1. The van der Waals surface area contributed by atoms with Gasteiger partial charge in [-0.1, -0.05) is 18.2 Å². The van der Waals surface area contributed by atoms with Gasteiger partial charge in [-0.15, -0.1) is 0 Å². The summed E-state index contributed by atoms with van der Waals surface area (Å²) in [6.45, 7) is 0. The largest absolute Gasteiger partial charge is 0.416 e. The minimum Gasteiger partial charge on any atom is -0.197 e. The minimum absolute atomic E-state index is 0.0333. The van der Waals surface area contributed by atoms with E-state index in [1.807, 2.05) is 0 Å². The van der Waals surface area contributed by atoms with Crippen LogP contribution in [0.15, 0.2) is 35.9 Å². The van der Waals surface area contributed by atoms with Crippen LogP contribution in [-0.2, 0) is 6.18 Å². The summed E-state index contributed by atoms with van der Waals surface area (Å²) in [7, 11) is 0. The third-order valence-electron chi connectivity index (χ3n) is 3.63. The minimum atomic E-state index is -4.60. The topological polar surface area (TPSA) is 95.2 Å². The average molecular weight is 324 g/mol. The summed E-state index contributed by atoms with van der Waals surface area (Å²) in [5.41, 5.74) is -0.890. The Morgan fingerprint density at radius 1 is 1.04 bits per heavy atom. The molecule has 0 fully saturated rings. The molecule has 0 aliphatic heterocycles. The molecule has 1 atom stereocenters. The maximum atomic E-state index is 13.0. The highest BCUT2D eigenvalue weighted by molar-refractivity contribution is 5.86. The summed E-state index contributed by atoms with van der Waals surface area (Å²) in [6.07, 6.45) is -1.83. The van der Waals surface area contributed by atoms with E-state index in [9.17, 15) is 13.2 Å². The number of halogens is 3. The highest BCUT2D eigenvalue weighted by Gasteiger charge is 2.34. The molecule has 1 aromatic carbocycles. The Kier molecular flexibility index (Phi) is 4.41. The van der Waals surface area contributed by atoms with Crippen LogP contribution in [0.5, 0.6) is 0 Å². The molecule has 24 heavy (non-hydrogen) atoms. The molecule has 0 amide bonds. The van der Waals surface area contributed by atoms with Gasteiger partial charge in [-0.05, 0) is 23.3 Å². The van der Waals surface area contributed by atoms with Crippen LogP contribution in [0.3, 0.4) is 0 Å². The van der Waals surface area contributed by atoms with E-state index in [0.29, 0.717) is 5.56 Å². The first-order valence-electron chi connectivity index (χ1n) is 6.60. The first-order chi connectivity index (χ1) is 11.4. The molecule has 0 spiro atoms. The summed E-state index contributed by atoms with van der Waals surface area (Å²) in [4.78, 5) is 0. The molecule has 0 heterocycles. The predicted molar refractivity (Wildman–Crippen MR) is 76.2 cm³/mol. The molecule has 7 heteroatoms. The fourth-order valence-electron chi connectivity index (χ4n) is 2.49. The summed E-state index contributed by atoms with van der Waals surface area (Å²) in [5.74, 6) is -1.83. The molecule has 0 N–H and O–H groups in total. The van der Waals surface area contributed by atoms with E-state index < -0.39 is 23.6 Å². The zero-order valence-corrected chi connectivity index (χ0v) is 12.0. The van der Waals surface area contributed by atoms with Gasteiger partial charge in [-0.25, -0.2) is 0 Å². The van der Waals surface area contributed by atoms with Crippen molar-refractivity contribution in [2.45, 2.75) is 12.1 Å². The van der Waals surface area contributed by atoms with E-state index in [0.717, 1.165) is 12.1 Å². The van der Waals surface area contributed by atoms with E-state index in [1.165, 1.54) is 18.2 Å². The van der Waals surface area contributed by atoms with Crippen LogP contribution in [0.1, 0.15) is 22.6 Å². The van der Waals surface area contributed by atoms with E-state index in [2.05, 4.69) is 0 Å². The van der Waals surface area contributed by atoms with Crippen molar-refractivity contribution in [1.82, 2.24) is 0 Å².